The van der Waals surface area contributed by atoms with Crippen molar-refractivity contribution in [3.8, 4) is 0 Å². The zero-order valence-corrected chi connectivity index (χ0v) is 15.1. The molecule has 1 saturated heterocycles. The van der Waals surface area contributed by atoms with E-state index in [-0.39, 0.29) is 12.3 Å². The SMILES string of the molecule is O=C(CC1NC(=O)N(c2cc(F)c(F)c(F)c2)C1=O)N1CCc2ccccc2C1. The molecular weight excluding hydrogens is 387 g/mol. The Morgan fingerprint density at radius 2 is 1.72 bits per heavy atom. The van der Waals surface area contributed by atoms with Gasteiger partial charge in [-0.1, -0.05) is 24.3 Å². The molecule has 0 spiro atoms. The molecule has 0 aliphatic carbocycles. The Morgan fingerprint density at radius 3 is 2.41 bits per heavy atom. The van der Waals surface area contributed by atoms with Crippen molar-refractivity contribution in [2.45, 2.75) is 25.4 Å². The maximum absolute atomic E-state index is 13.5. The molecule has 2 heterocycles. The smallest absolute Gasteiger partial charge is 0.329 e. The van der Waals surface area contributed by atoms with E-state index < -0.39 is 41.1 Å². The average molecular weight is 403 g/mol. The predicted octanol–water partition coefficient (Wildman–Crippen LogP) is 2.50. The maximum atomic E-state index is 13.5. The molecular formula is C20H16F3N3O3. The van der Waals surface area contributed by atoms with Crippen LogP contribution in [-0.2, 0) is 22.6 Å². The molecule has 1 N–H and O–H groups in total. The first-order valence-corrected chi connectivity index (χ1v) is 8.98. The van der Waals surface area contributed by atoms with Gasteiger partial charge in [-0.3, -0.25) is 9.59 Å². The Morgan fingerprint density at radius 1 is 1.07 bits per heavy atom. The van der Waals surface area contributed by atoms with E-state index in [0.29, 0.717) is 36.5 Å². The lowest BCUT2D eigenvalue weighted by atomic mass is 9.99. The van der Waals surface area contributed by atoms with Gasteiger partial charge in [-0.2, -0.15) is 0 Å². The number of halogens is 3. The molecule has 1 atom stereocenters. The molecule has 2 aromatic rings. The molecule has 0 bridgehead atoms. The topological polar surface area (TPSA) is 69.7 Å². The Kier molecular flexibility index (Phi) is 4.73. The van der Waals surface area contributed by atoms with Gasteiger partial charge in [-0.05, 0) is 17.5 Å². The fourth-order valence-electron chi connectivity index (χ4n) is 3.60. The zero-order valence-electron chi connectivity index (χ0n) is 15.1. The number of fused-ring (bicyclic) bond motifs is 1. The van der Waals surface area contributed by atoms with Gasteiger partial charge >= 0.3 is 6.03 Å². The van der Waals surface area contributed by atoms with Crippen LogP contribution in [0.1, 0.15) is 17.5 Å². The number of anilines is 1. The van der Waals surface area contributed by atoms with E-state index in [1.807, 2.05) is 24.3 Å². The molecule has 4 rings (SSSR count). The quantitative estimate of drug-likeness (QED) is 0.633. The minimum absolute atomic E-state index is 0.282. The fraction of sp³-hybridized carbons (Fsp3) is 0.250. The molecule has 2 aromatic carbocycles. The number of benzene rings is 2. The van der Waals surface area contributed by atoms with E-state index in [4.69, 9.17) is 0 Å². The van der Waals surface area contributed by atoms with Gasteiger partial charge < -0.3 is 10.2 Å². The third-order valence-corrected chi connectivity index (χ3v) is 5.11. The molecule has 29 heavy (non-hydrogen) atoms. The number of urea groups is 1. The summed E-state index contributed by atoms with van der Waals surface area (Å²) in [5, 5.41) is 2.35. The largest absolute Gasteiger partial charge is 0.338 e. The van der Waals surface area contributed by atoms with Crippen molar-refractivity contribution in [3.05, 3.63) is 65.0 Å². The van der Waals surface area contributed by atoms with E-state index in [2.05, 4.69) is 5.32 Å². The number of hydrogen-bond acceptors (Lipinski definition) is 3. The third kappa shape index (κ3) is 3.43. The van der Waals surface area contributed by atoms with Crippen molar-refractivity contribution >= 4 is 23.5 Å². The highest BCUT2D eigenvalue weighted by Crippen LogP contribution is 2.26. The summed E-state index contributed by atoms with van der Waals surface area (Å²) in [7, 11) is 0. The highest BCUT2D eigenvalue weighted by Gasteiger charge is 2.41. The lowest BCUT2D eigenvalue weighted by molar-refractivity contribution is -0.134. The Balaban J connectivity index is 1.48. The van der Waals surface area contributed by atoms with Crippen LogP contribution in [0.4, 0.5) is 23.7 Å². The molecule has 6 nitrogen and oxygen atoms in total. The Labute approximate surface area is 163 Å². The second kappa shape index (κ2) is 7.23. The molecule has 9 heteroatoms. The minimum Gasteiger partial charge on any atom is -0.338 e. The molecule has 0 radical (unpaired) electrons. The van der Waals surface area contributed by atoms with Crippen molar-refractivity contribution < 1.29 is 27.6 Å². The van der Waals surface area contributed by atoms with Gasteiger partial charge in [0.1, 0.15) is 6.04 Å². The van der Waals surface area contributed by atoms with Crippen molar-refractivity contribution in [2.75, 3.05) is 11.4 Å². The molecule has 1 unspecified atom stereocenters. The average Bonchev–Trinajstić information content (AvgIpc) is 2.98. The van der Waals surface area contributed by atoms with Gasteiger partial charge in [0, 0.05) is 25.2 Å². The molecule has 0 saturated carbocycles. The summed E-state index contributed by atoms with van der Waals surface area (Å²) in [6, 6.07) is 6.76. The lowest BCUT2D eigenvalue weighted by Crippen LogP contribution is -2.41. The fourth-order valence-corrected chi connectivity index (χ4v) is 3.60. The van der Waals surface area contributed by atoms with Gasteiger partial charge in [0.05, 0.1) is 12.1 Å². The van der Waals surface area contributed by atoms with E-state index in [0.717, 1.165) is 11.1 Å². The number of nitrogens with one attached hydrogen (secondary N) is 1. The van der Waals surface area contributed by atoms with Crippen LogP contribution in [0.25, 0.3) is 0 Å². The number of carbonyl (C=O) groups excluding carboxylic acids is 3. The van der Waals surface area contributed by atoms with Crippen LogP contribution in [0.5, 0.6) is 0 Å². The van der Waals surface area contributed by atoms with Crippen molar-refractivity contribution in [1.29, 1.82) is 0 Å². The molecule has 4 amide bonds. The first-order valence-electron chi connectivity index (χ1n) is 8.98. The normalized spacial score (nSPS) is 18.7. The van der Waals surface area contributed by atoms with E-state index in [1.165, 1.54) is 0 Å². The van der Waals surface area contributed by atoms with Crippen molar-refractivity contribution in [3.63, 3.8) is 0 Å². The van der Waals surface area contributed by atoms with Gasteiger partial charge in [0.25, 0.3) is 5.91 Å². The highest BCUT2D eigenvalue weighted by atomic mass is 19.2. The standard InChI is InChI=1S/C20H16F3N3O3/c21-14-7-13(8-15(22)18(14)23)26-19(28)16(24-20(26)29)9-17(27)25-6-5-11-3-1-2-4-12(11)10-25/h1-4,7-8,16H,5-6,9-10H2,(H,24,29). The number of carbonyl (C=O) groups is 3. The number of hydrogen-bond donors (Lipinski definition) is 1. The number of imide groups is 1. The number of rotatable bonds is 3. The van der Waals surface area contributed by atoms with Crippen molar-refractivity contribution in [2.24, 2.45) is 0 Å². The zero-order chi connectivity index (χ0) is 20.7. The van der Waals surface area contributed by atoms with E-state index in [1.54, 1.807) is 4.90 Å². The first kappa shape index (κ1) is 19.0. The second-order valence-corrected chi connectivity index (χ2v) is 6.94. The summed E-state index contributed by atoms with van der Waals surface area (Å²) in [6.45, 7) is 0.894. The summed E-state index contributed by atoms with van der Waals surface area (Å²) in [5.41, 5.74) is 1.74. The summed E-state index contributed by atoms with van der Waals surface area (Å²) < 4.78 is 40.1. The summed E-state index contributed by atoms with van der Waals surface area (Å²) in [6.07, 6.45) is 0.405. The molecule has 0 aromatic heterocycles. The van der Waals surface area contributed by atoms with E-state index >= 15 is 0 Å². The van der Waals surface area contributed by atoms with Crippen LogP contribution >= 0.6 is 0 Å². The summed E-state index contributed by atoms with van der Waals surface area (Å²) >= 11 is 0. The number of nitrogens with zero attached hydrogens (tertiary/aromatic N) is 2. The maximum Gasteiger partial charge on any atom is 0.329 e. The molecule has 1 fully saturated rings. The van der Waals surface area contributed by atoms with Crippen molar-refractivity contribution in [1.82, 2.24) is 10.2 Å². The van der Waals surface area contributed by atoms with Gasteiger partial charge in [0.15, 0.2) is 17.5 Å². The summed E-state index contributed by atoms with van der Waals surface area (Å²) in [5.74, 6) is -5.89. The van der Waals surface area contributed by atoms with Gasteiger partial charge in [-0.25, -0.2) is 22.9 Å². The summed E-state index contributed by atoms with van der Waals surface area (Å²) in [4.78, 5) is 39.5. The van der Waals surface area contributed by atoms with Crippen LogP contribution in [0.15, 0.2) is 36.4 Å². The van der Waals surface area contributed by atoms with Crippen LogP contribution in [0.3, 0.4) is 0 Å². The predicted molar refractivity (Wildman–Crippen MR) is 96.3 cm³/mol. The monoisotopic (exact) mass is 403 g/mol. The van der Waals surface area contributed by atoms with Crippen LogP contribution in [0.2, 0.25) is 0 Å². The molecule has 2 aliphatic rings. The van der Waals surface area contributed by atoms with E-state index in [9.17, 15) is 27.6 Å². The first-order chi connectivity index (χ1) is 13.8. The minimum atomic E-state index is -1.70. The molecule has 150 valence electrons. The lowest BCUT2D eigenvalue weighted by Gasteiger charge is -2.29. The number of amides is 4. The highest BCUT2D eigenvalue weighted by molar-refractivity contribution is 6.22. The van der Waals surface area contributed by atoms with Gasteiger partial charge in [0.2, 0.25) is 5.91 Å². The Bertz CT molecular complexity index is 1000. The molecule has 2 aliphatic heterocycles. The second-order valence-electron chi connectivity index (χ2n) is 6.94. The van der Waals surface area contributed by atoms with Crippen LogP contribution < -0.4 is 10.2 Å². The van der Waals surface area contributed by atoms with Crippen LogP contribution in [-0.4, -0.2) is 35.3 Å². The third-order valence-electron chi connectivity index (χ3n) is 5.11. The van der Waals surface area contributed by atoms with Gasteiger partial charge in [-0.15, -0.1) is 0 Å². The Hall–Kier alpha value is -3.36. The van der Waals surface area contributed by atoms with Crippen LogP contribution in [0, 0.1) is 17.5 Å².